The summed E-state index contributed by atoms with van der Waals surface area (Å²) in [5, 5.41) is 10.4. The third-order valence-electron chi connectivity index (χ3n) is 5.90. The van der Waals surface area contributed by atoms with Crippen molar-refractivity contribution in [3.8, 4) is 5.75 Å². The van der Waals surface area contributed by atoms with E-state index in [0.717, 1.165) is 16.8 Å². The topological polar surface area (TPSA) is 53.9 Å². The van der Waals surface area contributed by atoms with Crippen molar-refractivity contribution in [3.05, 3.63) is 93.2 Å². The highest BCUT2D eigenvalue weighted by atomic mass is 35.5. The van der Waals surface area contributed by atoms with E-state index < -0.39 is 5.72 Å². The molecule has 2 atom stereocenters. The Morgan fingerprint density at radius 1 is 1.06 bits per heavy atom. The normalized spacial score (nSPS) is 23.1. The van der Waals surface area contributed by atoms with Gasteiger partial charge in [0.05, 0.1) is 23.0 Å². The lowest BCUT2D eigenvalue weighted by molar-refractivity contribution is -0.161. The first kappa shape index (κ1) is 18.7. The van der Waals surface area contributed by atoms with Gasteiger partial charge in [-0.05, 0) is 54.1 Å². The molecule has 154 valence electrons. The SMILES string of the molecule is O=C1Nc2ccc(Cl)cc2[C@@]12Oc1ccc(Cl)cc1[C@H]1CC(c3ccc(F)cc3)=NN12. The monoisotopic (exact) mass is 453 g/mol. The molecule has 0 saturated carbocycles. The lowest BCUT2D eigenvalue weighted by Gasteiger charge is -2.44. The molecule has 1 N–H and O–H groups in total. The van der Waals surface area contributed by atoms with Crippen molar-refractivity contribution in [2.24, 2.45) is 5.10 Å². The second-order valence-electron chi connectivity index (χ2n) is 7.69. The minimum absolute atomic E-state index is 0.293. The molecule has 3 aliphatic heterocycles. The second-order valence-corrected chi connectivity index (χ2v) is 8.56. The number of rotatable bonds is 1. The first-order chi connectivity index (χ1) is 15.0. The zero-order valence-corrected chi connectivity index (χ0v) is 17.4. The van der Waals surface area contributed by atoms with Crippen LogP contribution in [0.3, 0.4) is 0 Å². The first-order valence-electron chi connectivity index (χ1n) is 9.68. The van der Waals surface area contributed by atoms with Gasteiger partial charge in [-0.3, -0.25) is 4.79 Å². The highest BCUT2D eigenvalue weighted by Crippen LogP contribution is 2.54. The van der Waals surface area contributed by atoms with Crippen molar-refractivity contribution < 1.29 is 13.9 Å². The Morgan fingerprint density at radius 3 is 2.61 bits per heavy atom. The fraction of sp³-hybridized carbons (Fsp3) is 0.130. The molecule has 6 rings (SSSR count). The van der Waals surface area contributed by atoms with Crippen LogP contribution in [-0.4, -0.2) is 16.6 Å². The highest BCUT2D eigenvalue weighted by molar-refractivity contribution is 6.31. The van der Waals surface area contributed by atoms with Crippen LogP contribution in [0, 0.1) is 5.82 Å². The molecule has 1 spiro atoms. The van der Waals surface area contributed by atoms with Crippen LogP contribution in [0.4, 0.5) is 10.1 Å². The lowest BCUT2D eigenvalue weighted by Crippen LogP contribution is -2.55. The van der Waals surface area contributed by atoms with Crippen LogP contribution in [0.1, 0.15) is 29.2 Å². The Kier molecular flexibility index (Phi) is 3.88. The molecule has 0 saturated heterocycles. The zero-order chi connectivity index (χ0) is 21.3. The number of hydrogen-bond donors (Lipinski definition) is 1. The highest BCUT2D eigenvalue weighted by Gasteiger charge is 2.61. The van der Waals surface area contributed by atoms with Crippen molar-refractivity contribution in [2.75, 3.05) is 5.32 Å². The van der Waals surface area contributed by atoms with Crippen LogP contribution in [0.25, 0.3) is 0 Å². The fourth-order valence-electron chi connectivity index (χ4n) is 4.50. The molecule has 1 amide bonds. The van der Waals surface area contributed by atoms with Crippen LogP contribution in [-0.2, 0) is 10.5 Å². The molecular formula is C23H14Cl2FN3O2. The number of amides is 1. The van der Waals surface area contributed by atoms with Gasteiger partial charge in [0.1, 0.15) is 11.6 Å². The molecular weight excluding hydrogens is 440 g/mol. The Labute approximate surface area is 187 Å². The maximum atomic E-state index is 13.5. The number of nitrogens with zero attached hydrogens (tertiary/aromatic N) is 2. The quantitative estimate of drug-likeness (QED) is 0.530. The third kappa shape index (κ3) is 2.61. The Balaban J connectivity index is 1.58. The number of carbonyl (C=O) groups is 1. The summed E-state index contributed by atoms with van der Waals surface area (Å²) >= 11 is 12.5. The zero-order valence-electron chi connectivity index (χ0n) is 15.9. The molecule has 3 aromatic rings. The Bertz CT molecular complexity index is 1290. The minimum Gasteiger partial charge on any atom is -0.453 e. The maximum absolute atomic E-state index is 13.5. The van der Waals surface area contributed by atoms with E-state index in [4.69, 9.17) is 33.0 Å². The Hall–Kier alpha value is -3.09. The molecule has 0 bridgehead atoms. The molecule has 0 aromatic heterocycles. The van der Waals surface area contributed by atoms with Crippen molar-refractivity contribution in [3.63, 3.8) is 0 Å². The number of nitrogens with one attached hydrogen (secondary N) is 1. The molecule has 31 heavy (non-hydrogen) atoms. The van der Waals surface area contributed by atoms with Crippen molar-refractivity contribution in [1.82, 2.24) is 5.01 Å². The number of anilines is 1. The van der Waals surface area contributed by atoms with E-state index in [1.54, 1.807) is 47.5 Å². The average molecular weight is 454 g/mol. The maximum Gasteiger partial charge on any atom is 0.306 e. The van der Waals surface area contributed by atoms with Gasteiger partial charge in [0.15, 0.2) is 0 Å². The average Bonchev–Trinajstić information content (AvgIpc) is 3.31. The largest absolute Gasteiger partial charge is 0.453 e. The van der Waals surface area contributed by atoms with Crippen molar-refractivity contribution in [1.29, 1.82) is 0 Å². The van der Waals surface area contributed by atoms with E-state index in [1.165, 1.54) is 12.1 Å². The summed E-state index contributed by atoms with van der Waals surface area (Å²) in [5.74, 6) is -0.112. The van der Waals surface area contributed by atoms with Gasteiger partial charge in [0.25, 0.3) is 5.91 Å². The lowest BCUT2D eigenvalue weighted by atomic mass is 9.92. The van der Waals surface area contributed by atoms with E-state index in [-0.39, 0.29) is 17.8 Å². The van der Waals surface area contributed by atoms with Crippen LogP contribution in [0.5, 0.6) is 5.75 Å². The van der Waals surface area contributed by atoms with E-state index in [0.29, 0.717) is 33.5 Å². The van der Waals surface area contributed by atoms with E-state index in [1.807, 2.05) is 6.07 Å². The van der Waals surface area contributed by atoms with Gasteiger partial charge >= 0.3 is 5.72 Å². The summed E-state index contributed by atoms with van der Waals surface area (Å²) in [6.07, 6.45) is 0.507. The molecule has 0 aliphatic carbocycles. The van der Waals surface area contributed by atoms with Crippen LogP contribution in [0.2, 0.25) is 10.0 Å². The second kappa shape index (κ2) is 6.45. The third-order valence-corrected chi connectivity index (χ3v) is 6.37. The standard InChI is InChI=1S/C23H14Cl2FN3O2/c24-13-4-8-21-16(9-13)20-11-19(12-1-5-15(26)6-2-12)28-29(20)23(31-21)17-10-14(25)3-7-18(17)27-22(23)30/h1-10,20H,11H2,(H,27,30)/t20-,23-/m1/s1. The van der Waals surface area contributed by atoms with Crippen molar-refractivity contribution in [2.45, 2.75) is 18.2 Å². The predicted octanol–water partition coefficient (Wildman–Crippen LogP) is 5.48. The van der Waals surface area contributed by atoms with E-state index in [9.17, 15) is 9.18 Å². The first-order valence-corrected chi connectivity index (χ1v) is 10.4. The molecule has 3 aliphatic rings. The summed E-state index contributed by atoms with van der Waals surface area (Å²) in [6, 6.07) is 16.4. The molecule has 0 radical (unpaired) electrons. The van der Waals surface area contributed by atoms with Gasteiger partial charge < -0.3 is 10.1 Å². The molecule has 0 unspecified atom stereocenters. The molecule has 8 heteroatoms. The number of benzene rings is 3. The molecule has 5 nitrogen and oxygen atoms in total. The number of fused-ring (bicyclic) bond motifs is 6. The predicted molar refractivity (Wildman–Crippen MR) is 116 cm³/mol. The van der Waals surface area contributed by atoms with Crippen molar-refractivity contribution >= 4 is 40.5 Å². The number of hydrazone groups is 1. The summed E-state index contributed by atoms with van der Waals surface area (Å²) in [7, 11) is 0. The summed E-state index contributed by atoms with van der Waals surface area (Å²) in [6.45, 7) is 0. The Morgan fingerprint density at radius 2 is 1.81 bits per heavy atom. The number of hydrogen-bond acceptors (Lipinski definition) is 4. The van der Waals surface area contributed by atoms with E-state index >= 15 is 0 Å². The summed E-state index contributed by atoms with van der Waals surface area (Å²) in [5.41, 5.74) is 2.05. The van der Waals surface area contributed by atoms with Gasteiger partial charge in [-0.25, -0.2) is 9.40 Å². The minimum atomic E-state index is -1.51. The van der Waals surface area contributed by atoms with Gasteiger partial charge in [0.2, 0.25) is 0 Å². The van der Waals surface area contributed by atoms with Crippen LogP contribution >= 0.6 is 23.2 Å². The number of ether oxygens (including phenoxy) is 1. The molecule has 3 heterocycles. The van der Waals surface area contributed by atoms with Crippen LogP contribution in [0.15, 0.2) is 65.8 Å². The van der Waals surface area contributed by atoms with Crippen LogP contribution < -0.4 is 10.1 Å². The van der Waals surface area contributed by atoms with Gasteiger partial charge in [0, 0.05) is 22.0 Å². The van der Waals surface area contributed by atoms with Gasteiger partial charge in [-0.1, -0.05) is 35.3 Å². The number of carbonyl (C=O) groups excluding carboxylic acids is 1. The summed E-state index contributed by atoms with van der Waals surface area (Å²) < 4.78 is 19.8. The molecule has 3 aromatic carbocycles. The van der Waals surface area contributed by atoms with E-state index in [2.05, 4.69) is 5.32 Å². The van der Waals surface area contributed by atoms with Gasteiger partial charge in [-0.15, -0.1) is 0 Å². The summed E-state index contributed by atoms with van der Waals surface area (Å²) in [4.78, 5) is 13.4. The molecule has 0 fully saturated rings. The number of halogens is 3. The van der Waals surface area contributed by atoms with Gasteiger partial charge in [-0.2, -0.15) is 5.10 Å². The fourth-order valence-corrected chi connectivity index (χ4v) is 4.85. The smallest absolute Gasteiger partial charge is 0.306 e.